The largest absolute Gasteiger partial charge is 0.416 e. The molecule has 2 aliphatic heterocycles. The Bertz CT molecular complexity index is 1020. The van der Waals surface area contributed by atoms with Gasteiger partial charge in [0.1, 0.15) is 5.84 Å². The Labute approximate surface area is 152 Å². The minimum atomic E-state index is -4.59. The van der Waals surface area contributed by atoms with Gasteiger partial charge < -0.3 is 10.0 Å². The first kappa shape index (κ1) is 17.2. The predicted molar refractivity (Wildman–Crippen MR) is 90.9 cm³/mol. The van der Waals surface area contributed by atoms with Crippen LogP contribution in [0.15, 0.2) is 47.5 Å². The number of amidine groups is 1. The minimum absolute atomic E-state index is 0.0142. The number of aliphatic hydroxyl groups is 1. The number of hydrogen-bond donors (Lipinski definition) is 1. The van der Waals surface area contributed by atoms with E-state index in [1.165, 1.54) is 0 Å². The number of benzene rings is 2. The second-order valence-corrected chi connectivity index (χ2v) is 6.41. The molecule has 2 aromatic rings. The van der Waals surface area contributed by atoms with Crippen LogP contribution in [0.5, 0.6) is 0 Å². The average Bonchev–Trinajstić information content (AvgIpc) is 2.99. The summed E-state index contributed by atoms with van der Waals surface area (Å²) in [6.07, 6.45) is -4.58. The smallest absolute Gasteiger partial charge is 0.374 e. The third kappa shape index (κ3) is 2.59. The number of nitriles is 1. The summed E-state index contributed by atoms with van der Waals surface area (Å²) in [6.45, 7) is 0.271. The lowest BCUT2D eigenvalue weighted by Gasteiger charge is -2.30. The van der Waals surface area contributed by atoms with Crippen molar-refractivity contribution in [2.24, 2.45) is 4.99 Å². The number of Topliss-reactive ketones (excluding diaryl/α,β-unsaturated/α-hetero) is 1. The zero-order chi connectivity index (χ0) is 19.4. The minimum Gasteiger partial charge on any atom is -0.374 e. The average molecular weight is 371 g/mol. The first-order valence-electron chi connectivity index (χ1n) is 8.09. The maximum atomic E-state index is 13.0. The highest BCUT2D eigenvalue weighted by Crippen LogP contribution is 2.41. The summed E-state index contributed by atoms with van der Waals surface area (Å²) in [6, 6.07) is 11.3. The van der Waals surface area contributed by atoms with Gasteiger partial charge in [-0.1, -0.05) is 0 Å². The third-order valence-electron chi connectivity index (χ3n) is 4.80. The molecule has 4 rings (SSSR count). The highest BCUT2D eigenvalue weighted by Gasteiger charge is 2.52. The van der Waals surface area contributed by atoms with E-state index in [9.17, 15) is 23.1 Å². The maximum Gasteiger partial charge on any atom is 0.416 e. The Morgan fingerprint density at radius 3 is 2.52 bits per heavy atom. The van der Waals surface area contributed by atoms with Crippen molar-refractivity contribution >= 4 is 23.0 Å². The number of aliphatic imine (C=N–C) groups is 1. The summed E-state index contributed by atoms with van der Waals surface area (Å²) < 4.78 is 38.9. The van der Waals surface area contributed by atoms with Crippen molar-refractivity contribution in [2.45, 2.75) is 18.2 Å². The molecule has 27 heavy (non-hydrogen) atoms. The standard InChI is InChI=1S/C19H12F3N3O2/c20-19(21,22)12-3-6-15-14(9-12)16(26)18(27)7-8-25(17(18)24-15)13-4-1-11(10-23)2-5-13/h1-6,9,27H,7-8H2/t18-/m1/s1. The van der Waals surface area contributed by atoms with Gasteiger partial charge in [0.2, 0.25) is 5.78 Å². The first-order chi connectivity index (χ1) is 12.7. The van der Waals surface area contributed by atoms with E-state index in [4.69, 9.17) is 5.26 Å². The van der Waals surface area contributed by atoms with Gasteiger partial charge in [0.15, 0.2) is 5.60 Å². The molecular formula is C19H12F3N3O2. The molecule has 136 valence electrons. The van der Waals surface area contributed by atoms with Crippen molar-refractivity contribution in [3.8, 4) is 6.07 Å². The SMILES string of the molecule is N#Cc1ccc(N2CC[C@@]3(O)C(=O)c4cc(C(F)(F)F)ccc4N=C23)cc1. The summed E-state index contributed by atoms with van der Waals surface area (Å²) >= 11 is 0. The van der Waals surface area contributed by atoms with E-state index < -0.39 is 23.1 Å². The molecule has 0 radical (unpaired) electrons. The first-order valence-corrected chi connectivity index (χ1v) is 8.09. The molecule has 0 bridgehead atoms. The summed E-state index contributed by atoms with van der Waals surface area (Å²) in [4.78, 5) is 18.7. The van der Waals surface area contributed by atoms with Crippen LogP contribution in [0.3, 0.4) is 0 Å². The Kier molecular flexibility index (Phi) is 3.61. The van der Waals surface area contributed by atoms with Crippen LogP contribution in [0, 0.1) is 11.3 Å². The van der Waals surface area contributed by atoms with Gasteiger partial charge >= 0.3 is 6.18 Å². The Hall–Kier alpha value is -3.18. The fourth-order valence-electron chi connectivity index (χ4n) is 3.38. The molecule has 1 fully saturated rings. The van der Waals surface area contributed by atoms with Crippen molar-refractivity contribution in [1.82, 2.24) is 0 Å². The monoisotopic (exact) mass is 371 g/mol. The molecule has 0 aliphatic carbocycles. The van der Waals surface area contributed by atoms with E-state index in [0.717, 1.165) is 18.2 Å². The van der Waals surface area contributed by atoms with Gasteiger partial charge in [-0.15, -0.1) is 0 Å². The number of alkyl halides is 3. The number of anilines is 1. The molecule has 2 aliphatic rings. The molecule has 0 unspecified atom stereocenters. The van der Waals surface area contributed by atoms with Crippen LogP contribution in [0.4, 0.5) is 24.5 Å². The van der Waals surface area contributed by atoms with Crippen LogP contribution in [0.2, 0.25) is 0 Å². The van der Waals surface area contributed by atoms with Crippen molar-refractivity contribution in [3.63, 3.8) is 0 Å². The molecule has 0 aromatic heterocycles. The van der Waals surface area contributed by atoms with E-state index in [2.05, 4.69) is 4.99 Å². The second kappa shape index (κ2) is 5.66. The van der Waals surface area contributed by atoms with E-state index in [-0.39, 0.29) is 30.1 Å². The number of fused-ring (bicyclic) bond motifs is 2. The highest BCUT2D eigenvalue weighted by molar-refractivity contribution is 6.28. The molecule has 5 nitrogen and oxygen atoms in total. The van der Waals surface area contributed by atoms with Crippen molar-refractivity contribution in [2.75, 3.05) is 11.4 Å². The number of nitrogens with zero attached hydrogens (tertiary/aromatic N) is 3. The molecule has 0 amide bonds. The summed E-state index contributed by atoms with van der Waals surface area (Å²) in [5.41, 5.74) is -1.98. The maximum absolute atomic E-state index is 13.0. The molecular weight excluding hydrogens is 359 g/mol. The number of halogens is 3. The van der Waals surface area contributed by atoms with Gasteiger partial charge in [-0.05, 0) is 42.5 Å². The Morgan fingerprint density at radius 1 is 1.19 bits per heavy atom. The van der Waals surface area contributed by atoms with Gasteiger partial charge in [0.25, 0.3) is 0 Å². The molecule has 2 heterocycles. The molecule has 0 saturated carbocycles. The lowest BCUT2D eigenvalue weighted by atomic mass is 9.87. The van der Waals surface area contributed by atoms with Crippen LogP contribution in [-0.2, 0) is 6.18 Å². The van der Waals surface area contributed by atoms with Crippen LogP contribution < -0.4 is 4.90 Å². The zero-order valence-electron chi connectivity index (χ0n) is 13.8. The summed E-state index contributed by atoms with van der Waals surface area (Å²) in [5, 5.41) is 19.8. The predicted octanol–water partition coefficient (Wildman–Crippen LogP) is 3.44. The van der Waals surface area contributed by atoms with Crippen LogP contribution in [-0.4, -0.2) is 28.9 Å². The fourth-order valence-corrected chi connectivity index (χ4v) is 3.38. The number of ketones is 1. The number of rotatable bonds is 1. The van der Waals surface area contributed by atoms with Gasteiger partial charge in [0.05, 0.1) is 22.9 Å². The second-order valence-electron chi connectivity index (χ2n) is 6.41. The van der Waals surface area contributed by atoms with Crippen molar-refractivity contribution < 1.29 is 23.1 Å². The Morgan fingerprint density at radius 2 is 1.89 bits per heavy atom. The number of carbonyl (C=O) groups excluding carboxylic acids is 1. The van der Waals surface area contributed by atoms with E-state index in [1.54, 1.807) is 29.2 Å². The van der Waals surface area contributed by atoms with Crippen LogP contribution >= 0.6 is 0 Å². The lowest BCUT2D eigenvalue weighted by Crippen LogP contribution is -2.48. The molecule has 1 atom stereocenters. The normalized spacial score (nSPS) is 21.4. The van der Waals surface area contributed by atoms with E-state index in [0.29, 0.717) is 11.3 Å². The van der Waals surface area contributed by atoms with Gasteiger partial charge in [-0.25, -0.2) is 4.99 Å². The lowest BCUT2D eigenvalue weighted by molar-refractivity contribution is -0.137. The van der Waals surface area contributed by atoms with E-state index in [1.807, 2.05) is 6.07 Å². The molecule has 1 N–H and O–H groups in total. The van der Waals surface area contributed by atoms with E-state index >= 15 is 0 Å². The van der Waals surface area contributed by atoms with Crippen LogP contribution in [0.1, 0.15) is 27.9 Å². The van der Waals surface area contributed by atoms with Gasteiger partial charge in [-0.2, -0.15) is 18.4 Å². The topological polar surface area (TPSA) is 76.7 Å². The highest BCUT2D eigenvalue weighted by atomic mass is 19.4. The number of carbonyl (C=O) groups is 1. The van der Waals surface area contributed by atoms with Crippen LogP contribution in [0.25, 0.3) is 0 Å². The van der Waals surface area contributed by atoms with Crippen molar-refractivity contribution in [1.29, 1.82) is 5.26 Å². The molecule has 0 spiro atoms. The quantitative estimate of drug-likeness (QED) is 0.833. The zero-order valence-corrected chi connectivity index (χ0v) is 13.8. The molecule has 1 saturated heterocycles. The third-order valence-corrected chi connectivity index (χ3v) is 4.80. The summed E-state index contributed by atoms with van der Waals surface area (Å²) in [5.74, 6) is -0.700. The van der Waals surface area contributed by atoms with Gasteiger partial charge in [-0.3, -0.25) is 4.79 Å². The van der Waals surface area contributed by atoms with Gasteiger partial charge in [0, 0.05) is 24.2 Å². The fraction of sp³-hybridized carbons (Fsp3) is 0.211. The van der Waals surface area contributed by atoms with Crippen molar-refractivity contribution in [3.05, 3.63) is 59.2 Å². The molecule has 2 aromatic carbocycles. The summed E-state index contributed by atoms with van der Waals surface area (Å²) in [7, 11) is 0. The Balaban J connectivity index is 1.81. The number of hydrogen-bond acceptors (Lipinski definition) is 5. The molecule has 8 heteroatoms.